The number of anilines is 1. The van der Waals surface area contributed by atoms with Crippen LogP contribution in [-0.2, 0) is 0 Å². The number of nitroso groups, excluding NO2 is 1. The smallest absolute Gasteiger partial charge is 0.141 e. The summed E-state index contributed by atoms with van der Waals surface area (Å²) in [5, 5.41) is 12.5. The largest absolute Gasteiger partial charge is 0.506 e. The molecule has 0 aliphatic heterocycles. The average Bonchev–Trinajstić information content (AvgIpc) is 2.16. The van der Waals surface area contributed by atoms with E-state index in [1.165, 1.54) is 6.07 Å². The summed E-state index contributed by atoms with van der Waals surface area (Å²) < 4.78 is 0. The summed E-state index contributed by atoms with van der Waals surface area (Å²) in [4.78, 5) is 12.2. The zero-order chi connectivity index (χ0) is 10.7. The molecule has 0 aliphatic carbocycles. The SMILES string of the molecule is CCN(C)c1c(C)cc(N=O)cc1O. The van der Waals surface area contributed by atoms with E-state index in [0.717, 1.165) is 17.8 Å². The molecule has 0 aliphatic rings. The van der Waals surface area contributed by atoms with Crippen molar-refractivity contribution in [1.82, 2.24) is 0 Å². The van der Waals surface area contributed by atoms with Gasteiger partial charge in [-0.15, -0.1) is 4.91 Å². The van der Waals surface area contributed by atoms with Crippen LogP contribution in [-0.4, -0.2) is 18.7 Å². The van der Waals surface area contributed by atoms with Crippen LogP contribution in [0.25, 0.3) is 0 Å². The van der Waals surface area contributed by atoms with E-state index in [-0.39, 0.29) is 11.4 Å². The molecule has 0 atom stereocenters. The zero-order valence-corrected chi connectivity index (χ0v) is 8.61. The fraction of sp³-hybridized carbons (Fsp3) is 0.400. The summed E-state index contributed by atoms with van der Waals surface area (Å²) in [7, 11) is 1.88. The molecule has 4 heteroatoms. The third-order valence-electron chi connectivity index (χ3n) is 2.23. The lowest BCUT2D eigenvalue weighted by Crippen LogP contribution is -2.16. The van der Waals surface area contributed by atoms with Gasteiger partial charge in [0.25, 0.3) is 0 Å². The normalized spacial score (nSPS) is 9.93. The first-order valence-corrected chi connectivity index (χ1v) is 4.48. The molecular weight excluding hydrogens is 180 g/mol. The zero-order valence-electron chi connectivity index (χ0n) is 8.61. The summed E-state index contributed by atoms with van der Waals surface area (Å²) in [6, 6.07) is 3.04. The maximum atomic E-state index is 10.3. The fourth-order valence-electron chi connectivity index (χ4n) is 1.45. The van der Waals surface area contributed by atoms with E-state index in [1.54, 1.807) is 6.07 Å². The Morgan fingerprint density at radius 2 is 2.14 bits per heavy atom. The van der Waals surface area contributed by atoms with E-state index in [4.69, 9.17) is 0 Å². The quantitative estimate of drug-likeness (QED) is 0.752. The van der Waals surface area contributed by atoms with Crippen molar-refractivity contribution in [1.29, 1.82) is 0 Å². The number of hydrogen-bond donors (Lipinski definition) is 1. The topological polar surface area (TPSA) is 52.9 Å². The molecule has 0 amide bonds. The maximum Gasteiger partial charge on any atom is 0.141 e. The molecule has 0 unspecified atom stereocenters. The summed E-state index contributed by atoms with van der Waals surface area (Å²) in [5.74, 6) is 0.101. The van der Waals surface area contributed by atoms with E-state index >= 15 is 0 Å². The first-order chi connectivity index (χ1) is 6.60. The number of aryl methyl sites for hydroxylation is 1. The van der Waals surface area contributed by atoms with E-state index in [1.807, 2.05) is 25.8 Å². The van der Waals surface area contributed by atoms with Crippen molar-refractivity contribution in [2.45, 2.75) is 13.8 Å². The molecule has 0 heterocycles. The summed E-state index contributed by atoms with van der Waals surface area (Å²) >= 11 is 0. The fourth-order valence-corrected chi connectivity index (χ4v) is 1.45. The highest BCUT2D eigenvalue weighted by Gasteiger charge is 2.10. The van der Waals surface area contributed by atoms with Crippen molar-refractivity contribution < 1.29 is 5.11 Å². The first kappa shape index (κ1) is 10.5. The average molecular weight is 194 g/mol. The van der Waals surface area contributed by atoms with Gasteiger partial charge in [0.15, 0.2) is 0 Å². The molecule has 0 aromatic heterocycles. The van der Waals surface area contributed by atoms with Crippen molar-refractivity contribution in [2.24, 2.45) is 5.18 Å². The number of aromatic hydroxyl groups is 1. The van der Waals surface area contributed by atoms with Crippen LogP contribution in [0.1, 0.15) is 12.5 Å². The van der Waals surface area contributed by atoms with Gasteiger partial charge in [-0.25, -0.2) is 0 Å². The van der Waals surface area contributed by atoms with Gasteiger partial charge in [-0.2, -0.15) is 0 Å². The van der Waals surface area contributed by atoms with Crippen LogP contribution in [0.4, 0.5) is 11.4 Å². The highest BCUT2D eigenvalue weighted by molar-refractivity contribution is 5.67. The van der Waals surface area contributed by atoms with Crippen molar-refractivity contribution in [3.63, 3.8) is 0 Å². The molecule has 1 N–H and O–H groups in total. The van der Waals surface area contributed by atoms with Gasteiger partial charge in [0.1, 0.15) is 11.4 Å². The molecular formula is C10H14N2O2. The summed E-state index contributed by atoms with van der Waals surface area (Å²) in [6.07, 6.45) is 0. The second-order valence-electron chi connectivity index (χ2n) is 3.24. The van der Waals surface area contributed by atoms with Crippen molar-refractivity contribution in [3.05, 3.63) is 22.6 Å². The molecule has 0 radical (unpaired) electrons. The van der Waals surface area contributed by atoms with Crippen molar-refractivity contribution in [2.75, 3.05) is 18.5 Å². The van der Waals surface area contributed by atoms with Gasteiger partial charge in [-0.1, -0.05) is 0 Å². The van der Waals surface area contributed by atoms with E-state index < -0.39 is 0 Å². The minimum absolute atomic E-state index is 0.101. The van der Waals surface area contributed by atoms with Crippen LogP contribution in [0.2, 0.25) is 0 Å². The number of benzene rings is 1. The predicted molar refractivity (Wildman–Crippen MR) is 57.2 cm³/mol. The van der Waals surface area contributed by atoms with Crippen LogP contribution in [0, 0.1) is 11.8 Å². The molecule has 14 heavy (non-hydrogen) atoms. The summed E-state index contributed by atoms with van der Waals surface area (Å²) in [5.41, 5.74) is 1.86. The van der Waals surface area contributed by atoms with Crippen LogP contribution >= 0.6 is 0 Å². The van der Waals surface area contributed by atoms with Gasteiger partial charge in [-0.3, -0.25) is 0 Å². The van der Waals surface area contributed by atoms with Crippen LogP contribution in [0.3, 0.4) is 0 Å². The molecule has 0 fully saturated rings. The Bertz CT molecular complexity index is 327. The molecule has 1 aromatic rings. The van der Waals surface area contributed by atoms with Gasteiger partial charge in [-0.05, 0) is 30.7 Å². The third-order valence-corrected chi connectivity index (χ3v) is 2.23. The molecule has 0 bridgehead atoms. The van der Waals surface area contributed by atoms with E-state index in [9.17, 15) is 10.0 Å². The number of phenols is 1. The van der Waals surface area contributed by atoms with Crippen LogP contribution in [0.15, 0.2) is 17.3 Å². The molecule has 1 aromatic carbocycles. The lowest BCUT2D eigenvalue weighted by atomic mass is 10.1. The number of nitrogens with zero attached hydrogens (tertiary/aromatic N) is 2. The van der Waals surface area contributed by atoms with Crippen molar-refractivity contribution >= 4 is 11.4 Å². The first-order valence-electron chi connectivity index (χ1n) is 4.48. The van der Waals surface area contributed by atoms with Crippen LogP contribution in [0.5, 0.6) is 5.75 Å². The standard InChI is InChI=1S/C10H14N2O2/c1-4-12(3)10-7(2)5-8(11-14)6-9(10)13/h5-6,13H,4H2,1-3H3. The predicted octanol–water partition coefficient (Wildman–Crippen LogP) is 2.55. The highest BCUT2D eigenvalue weighted by Crippen LogP contribution is 2.34. The molecule has 0 saturated heterocycles. The molecule has 0 saturated carbocycles. The Labute approximate surface area is 83.1 Å². The van der Waals surface area contributed by atoms with Crippen LogP contribution < -0.4 is 4.90 Å². The Kier molecular flexibility index (Phi) is 3.06. The van der Waals surface area contributed by atoms with E-state index in [0.29, 0.717) is 0 Å². The summed E-state index contributed by atoms with van der Waals surface area (Å²) in [6.45, 7) is 4.63. The monoisotopic (exact) mass is 194 g/mol. The minimum Gasteiger partial charge on any atom is -0.506 e. The van der Waals surface area contributed by atoms with Crippen molar-refractivity contribution in [3.8, 4) is 5.75 Å². The highest BCUT2D eigenvalue weighted by atomic mass is 16.3. The molecule has 0 spiro atoms. The number of phenolic OH excluding ortho intramolecular Hbond substituents is 1. The molecule has 4 nitrogen and oxygen atoms in total. The Hall–Kier alpha value is -1.58. The third kappa shape index (κ3) is 1.84. The number of rotatable bonds is 3. The maximum absolute atomic E-state index is 10.3. The minimum atomic E-state index is 0.101. The Balaban J connectivity index is 3.24. The van der Waals surface area contributed by atoms with Gasteiger partial charge in [0, 0.05) is 19.7 Å². The second kappa shape index (κ2) is 4.09. The Morgan fingerprint density at radius 1 is 1.50 bits per heavy atom. The molecule has 76 valence electrons. The van der Waals surface area contributed by atoms with Gasteiger partial charge in [0.2, 0.25) is 0 Å². The second-order valence-corrected chi connectivity index (χ2v) is 3.24. The van der Waals surface area contributed by atoms with Gasteiger partial charge >= 0.3 is 0 Å². The van der Waals surface area contributed by atoms with E-state index in [2.05, 4.69) is 5.18 Å². The van der Waals surface area contributed by atoms with Gasteiger partial charge < -0.3 is 10.0 Å². The molecule has 1 rings (SSSR count). The lowest BCUT2D eigenvalue weighted by molar-refractivity contribution is 0.475. The Morgan fingerprint density at radius 3 is 2.57 bits per heavy atom. The lowest BCUT2D eigenvalue weighted by Gasteiger charge is -2.20. The van der Waals surface area contributed by atoms with Gasteiger partial charge in [0.05, 0.1) is 5.69 Å². The number of hydrogen-bond acceptors (Lipinski definition) is 4.